The van der Waals surface area contributed by atoms with Crippen LogP contribution < -0.4 is 23.8 Å². The van der Waals surface area contributed by atoms with E-state index in [4.69, 9.17) is 18.9 Å². The first-order chi connectivity index (χ1) is 13.0. The van der Waals surface area contributed by atoms with Crippen molar-refractivity contribution in [2.45, 2.75) is 11.8 Å². The number of benzene rings is 2. The fraction of sp³-hybridized carbons (Fsp3) is 0.278. The van der Waals surface area contributed by atoms with Crippen LogP contribution in [0.5, 0.6) is 23.0 Å². The van der Waals surface area contributed by atoms with Gasteiger partial charge in [0.1, 0.15) is 19.0 Å². The van der Waals surface area contributed by atoms with Crippen LogP contribution in [0.4, 0.5) is 0 Å². The van der Waals surface area contributed by atoms with Gasteiger partial charge in [-0.05, 0) is 43.3 Å². The Morgan fingerprint density at radius 3 is 2.63 bits per heavy atom. The van der Waals surface area contributed by atoms with E-state index in [0.29, 0.717) is 48.4 Å². The van der Waals surface area contributed by atoms with Gasteiger partial charge in [0.25, 0.3) is 10.0 Å². The number of nitrogens with one attached hydrogen (secondary N) is 1. The van der Waals surface area contributed by atoms with Gasteiger partial charge in [0, 0.05) is 5.56 Å². The highest BCUT2D eigenvalue weighted by molar-refractivity contribution is 7.89. The molecular formula is C18H20N2O6S. The van der Waals surface area contributed by atoms with Crippen molar-refractivity contribution >= 4 is 16.2 Å². The predicted molar refractivity (Wildman–Crippen MR) is 99.5 cm³/mol. The van der Waals surface area contributed by atoms with E-state index in [9.17, 15) is 8.42 Å². The second-order valence-corrected chi connectivity index (χ2v) is 7.17. The first kappa shape index (κ1) is 18.8. The van der Waals surface area contributed by atoms with Gasteiger partial charge in [-0.25, -0.2) is 4.83 Å². The molecule has 9 heteroatoms. The normalized spacial score (nSPS) is 13.4. The molecule has 0 fully saturated rings. The number of sulfonamides is 1. The van der Waals surface area contributed by atoms with Crippen molar-refractivity contribution in [1.82, 2.24) is 4.83 Å². The first-order valence-corrected chi connectivity index (χ1v) is 9.77. The van der Waals surface area contributed by atoms with Crippen LogP contribution in [0, 0.1) is 0 Å². The number of hydrogen-bond donors (Lipinski definition) is 1. The van der Waals surface area contributed by atoms with Gasteiger partial charge in [0.2, 0.25) is 5.75 Å². The molecule has 0 atom stereocenters. The Morgan fingerprint density at radius 2 is 1.93 bits per heavy atom. The molecule has 0 radical (unpaired) electrons. The molecule has 2 aromatic carbocycles. The highest BCUT2D eigenvalue weighted by Crippen LogP contribution is 2.39. The fourth-order valence-electron chi connectivity index (χ4n) is 2.47. The maximum atomic E-state index is 12.3. The van der Waals surface area contributed by atoms with Crippen LogP contribution in [-0.4, -0.2) is 41.6 Å². The number of hydrazone groups is 1. The van der Waals surface area contributed by atoms with Crippen molar-refractivity contribution in [2.75, 3.05) is 26.9 Å². The topological polar surface area (TPSA) is 95.5 Å². The SMILES string of the molecule is CCOc1ccc(S(=O)(=O)N/N=C\c2cc(OC)c3c(c2)OCCO3)cc1. The third kappa shape index (κ3) is 4.43. The molecule has 144 valence electrons. The highest BCUT2D eigenvalue weighted by Gasteiger charge is 2.18. The molecule has 27 heavy (non-hydrogen) atoms. The number of fused-ring (bicyclic) bond motifs is 1. The molecule has 1 aliphatic rings. The summed E-state index contributed by atoms with van der Waals surface area (Å²) in [6, 6.07) is 9.47. The van der Waals surface area contributed by atoms with Gasteiger partial charge in [-0.3, -0.25) is 0 Å². The first-order valence-electron chi connectivity index (χ1n) is 8.29. The summed E-state index contributed by atoms with van der Waals surface area (Å²) >= 11 is 0. The maximum absolute atomic E-state index is 12.3. The van der Waals surface area contributed by atoms with E-state index in [-0.39, 0.29) is 4.90 Å². The van der Waals surface area contributed by atoms with E-state index in [1.54, 1.807) is 24.3 Å². The molecule has 0 saturated carbocycles. The Morgan fingerprint density at radius 1 is 1.19 bits per heavy atom. The van der Waals surface area contributed by atoms with Gasteiger partial charge in [-0.2, -0.15) is 13.5 Å². The zero-order chi connectivity index (χ0) is 19.3. The van der Waals surface area contributed by atoms with E-state index in [0.717, 1.165) is 0 Å². The highest BCUT2D eigenvalue weighted by atomic mass is 32.2. The summed E-state index contributed by atoms with van der Waals surface area (Å²) in [7, 11) is -2.27. The van der Waals surface area contributed by atoms with Crippen molar-refractivity contribution in [3.05, 3.63) is 42.0 Å². The van der Waals surface area contributed by atoms with Gasteiger partial charge in [-0.1, -0.05) is 0 Å². The molecule has 0 aromatic heterocycles. The largest absolute Gasteiger partial charge is 0.494 e. The quantitative estimate of drug-likeness (QED) is 0.573. The second kappa shape index (κ2) is 8.17. The average molecular weight is 392 g/mol. The molecular weight excluding hydrogens is 372 g/mol. The predicted octanol–water partition coefficient (Wildman–Crippen LogP) is 2.18. The summed E-state index contributed by atoms with van der Waals surface area (Å²) in [5, 5.41) is 3.83. The van der Waals surface area contributed by atoms with Crippen molar-refractivity contribution in [3.8, 4) is 23.0 Å². The molecule has 3 rings (SSSR count). The summed E-state index contributed by atoms with van der Waals surface area (Å²) in [5.74, 6) is 2.14. The van der Waals surface area contributed by atoms with Gasteiger partial charge in [0.15, 0.2) is 11.5 Å². The fourth-order valence-corrected chi connectivity index (χ4v) is 3.26. The Balaban J connectivity index is 1.74. The van der Waals surface area contributed by atoms with E-state index >= 15 is 0 Å². The molecule has 0 amide bonds. The van der Waals surface area contributed by atoms with Crippen molar-refractivity contribution in [2.24, 2.45) is 5.10 Å². The Hall–Kier alpha value is -2.94. The maximum Gasteiger partial charge on any atom is 0.276 e. The van der Waals surface area contributed by atoms with E-state index in [1.807, 2.05) is 6.92 Å². The minimum atomic E-state index is -3.79. The molecule has 1 aliphatic heterocycles. The third-order valence-electron chi connectivity index (χ3n) is 3.68. The number of nitrogens with zero attached hydrogens (tertiary/aromatic N) is 1. The van der Waals surface area contributed by atoms with Gasteiger partial charge in [-0.15, -0.1) is 0 Å². The minimum absolute atomic E-state index is 0.0860. The van der Waals surface area contributed by atoms with E-state index in [1.165, 1.54) is 25.5 Å². The molecule has 0 spiro atoms. The lowest BCUT2D eigenvalue weighted by Gasteiger charge is -2.20. The van der Waals surface area contributed by atoms with Crippen LogP contribution in [0.25, 0.3) is 0 Å². The van der Waals surface area contributed by atoms with Crippen LogP contribution in [0.2, 0.25) is 0 Å². The molecule has 1 N–H and O–H groups in total. The van der Waals surface area contributed by atoms with Gasteiger partial charge in [0.05, 0.1) is 24.8 Å². The van der Waals surface area contributed by atoms with Crippen molar-refractivity contribution in [1.29, 1.82) is 0 Å². The third-order valence-corrected chi connectivity index (χ3v) is 4.92. The zero-order valence-corrected chi connectivity index (χ0v) is 15.8. The summed E-state index contributed by atoms with van der Waals surface area (Å²) in [5.41, 5.74) is 0.602. The average Bonchev–Trinajstić information content (AvgIpc) is 2.68. The standard InChI is InChI=1S/C18H20N2O6S/c1-3-24-14-4-6-15(7-5-14)27(21,22)20-19-12-13-10-16(23-2)18-17(11-13)25-8-9-26-18/h4-7,10-12,20H,3,8-9H2,1-2H3/b19-12-. The molecule has 2 aromatic rings. The van der Waals surface area contributed by atoms with Crippen molar-refractivity contribution < 1.29 is 27.4 Å². The number of hydrogen-bond acceptors (Lipinski definition) is 7. The minimum Gasteiger partial charge on any atom is -0.494 e. The zero-order valence-electron chi connectivity index (χ0n) is 15.0. The Kier molecular flexibility index (Phi) is 5.70. The van der Waals surface area contributed by atoms with Crippen molar-refractivity contribution in [3.63, 3.8) is 0 Å². The molecule has 0 saturated heterocycles. The summed E-state index contributed by atoms with van der Waals surface area (Å²) in [4.78, 5) is 2.27. The monoisotopic (exact) mass is 392 g/mol. The number of rotatable bonds is 7. The summed E-state index contributed by atoms with van der Waals surface area (Å²) in [6.07, 6.45) is 1.37. The van der Waals surface area contributed by atoms with Gasteiger partial charge >= 0.3 is 0 Å². The van der Waals surface area contributed by atoms with E-state index < -0.39 is 10.0 Å². The van der Waals surface area contributed by atoms with Crippen LogP contribution in [0.15, 0.2) is 46.4 Å². The Labute approximate surface area is 157 Å². The molecule has 8 nitrogen and oxygen atoms in total. The smallest absolute Gasteiger partial charge is 0.276 e. The molecule has 0 unspecified atom stereocenters. The number of ether oxygens (including phenoxy) is 4. The lowest BCUT2D eigenvalue weighted by atomic mass is 10.2. The lowest BCUT2D eigenvalue weighted by Crippen LogP contribution is -2.18. The summed E-state index contributed by atoms with van der Waals surface area (Å²) in [6.45, 7) is 3.24. The van der Waals surface area contributed by atoms with Crippen LogP contribution in [0.3, 0.4) is 0 Å². The Bertz CT molecular complexity index is 908. The van der Waals surface area contributed by atoms with E-state index in [2.05, 4.69) is 9.93 Å². The molecule has 0 aliphatic carbocycles. The van der Waals surface area contributed by atoms with Crippen LogP contribution in [-0.2, 0) is 10.0 Å². The van der Waals surface area contributed by atoms with Crippen LogP contribution >= 0.6 is 0 Å². The molecule has 0 bridgehead atoms. The number of methoxy groups -OCH3 is 1. The van der Waals surface area contributed by atoms with Crippen LogP contribution in [0.1, 0.15) is 12.5 Å². The van der Waals surface area contributed by atoms with Gasteiger partial charge < -0.3 is 18.9 Å². The summed E-state index contributed by atoms with van der Waals surface area (Å²) < 4.78 is 46.3. The second-order valence-electron chi connectivity index (χ2n) is 5.50. The molecule has 1 heterocycles. The lowest BCUT2D eigenvalue weighted by molar-refractivity contribution is 0.165.